The number of benzene rings is 1. The normalized spacial score (nSPS) is 15.5. The van der Waals surface area contributed by atoms with Crippen LogP contribution in [0.4, 0.5) is 13.2 Å². The van der Waals surface area contributed by atoms with E-state index in [0.29, 0.717) is 18.4 Å². The summed E-state index contributed by atoms with van der Waals surface area (Å²) in [5.41, 5.74) is 0.777. The maximum atomic E-state index is 13.6. The maximum Gasteiger partial charge on any atom is 2.00 e. The van der Waals surface area contributed by atoms with E-state index < -0.39 is 18.0 Å². The number of nitrogens with one attached hydrogen (secondary N) is 1. The molecule has 2 aromatic rings. The van der Waals surface area contributed by atoms with E-state index in [1.807, 2.05) is 19.1 Å². The Morgan fingerprint density at radius 3 is 2.00 bits per heavy atom. The number of aliphatic hydroxyl groups is 1. The van der Waals surface area contributed by atoms with Crippen molar-refractivity contribution in [2.24, 2.45) is 5.92 Å². The van der Waals surface area contributed by atoms with Gasteiger partial charge in [-0.15, -0.1) is 0 Å². The number of aromatic nitrogens is 1. The number of halogens is 3. The van der Waals surface area contributed by atoms with Crippen molar-refractivity contribution in [1.29, 1.82) is 0 Å². The van der Waals surface area contributed by atoms with Crippen LogP contribution in [-0.4, -0.2) is 23.2 Å². The van der Waals surface area contributed by atoms with E-state index in [1.54, 1.807) is 18.2 Å². The van der Waals surface area contributed by atoms with Gasteiger partial charge < -0.3 is 25.3 Å². The molecule has 0 saturated heterocycles. The van der Waals surface area contributed by atoms with E-state index >= 15 is 0 Å². The zero-order valence-corrected chi connectivity index (χ0v) is 26.0. The molecule has 8 heteroatoms. The van der Waals surface area contributed by atoms with Gasteiger partial charge in [0, 0.05) is 11.1 Å². The maximum absolute atomic E-state index is 13.6. The molecule has 4 rings (SSSR count). The summed E-state index contributed by atoms with van der Waals surface area (Å²) in [6.45, 7) is 3.77. The summed E-state index contributed by atoms with van der Waals surface area (Å²) in [6.07, 6.45) is 8.72. The van der Waals surface area contributed by atoms with Gasteiger partial charge in [-0.3, -0.25) is 0 Å². The summed E-state index contributed by atoms with van der Waals surface area (Å²) in [7, 11) is 0. The fourth-order valence-corrected chi connectivity index (χ4v) is 5.00. The molecule has 1 aromatic carbocycles. The fourth-order valence-electron chi connectivity index (χ4n) is 5.00. The molecule has 0 bridgehead atoms. The molecule has 3 nitrogen and oxygen atoms in total. The molecular weight excluding hydrogens is 561 g/mol. The van der Waals surface area contributed by atoms with Crippen LogP contribution in [0, 0.1) is 27.7 Å². The molecule has 1 aromatic heterocycles. The summed E-state index contributed by atoms with van der Waals surface area (Å²) in [5, 5.41) is 13.9. The Morgan fingerprint density at radius 1 is 0.897 bits per heavy atom. The van der Waals surface area contributed by atoms with Crippen molar-refractivity contribution in [2.45, 2.75) is 96.3 Å². The van der Waals surface area contributed by atoms with Gasteiger partial charge in [-0.25, -0.2) is 4.98 Å². The van der Waals surface area contributed by atoms with Crippen molar-refractivity contribution >= 4 is 13.5 Å². The molecule has 2 N–H and O–H groups in total. The zero-order chi connectivity index (χ0) is 25.1. The van der Waals surface area contributed by atoms with Crippen molar-refractivity contribution in [3.8, 4) is 11.3 Å². The van der Waals surface area contributed by atoms with Crippen LogP contribution in [-0.2, 0) is 23.2 Å². The first-order valence-corrected chi connectivity index (χ1v) is 13.4. The Balaban J connectivity index is 0. The minimum absolute atomic E-state index is 0. The van der Waals surface area contributed by atoms with Gasteiger partial charge in [0.25, 0.3) is 0 Å². The average molecular weight is 611 g/mol. The van der Waals surface area contributed by atoms with Crippen LogP contribution in [0.5, 0.6) is 0 Å². The molecule has 39 heavy (non-hydrogen) atoms. The Hall–Kier alpha value is -1.05. The second-order valence-corrected chi connectivity index (χ2v) is 10.1. The van der Waals surface area contributed by atoms with Gasteiger partial charge in [0.1, 0.15) is 0 Å². The first kappa shape index (κ1) is 40.1. The molecule has 2 aliphatic rings. The van der Waals surface area contributed by atoms with Gasteiger partial charge in [-0.2, -0.15) is 26.7 Å². The fraction of sp³-hybridized carbons (Fsp3) is 0.581. The van der Waals surface area contributed by atoms with E-state index in [9.17, 15) is 18.3 Å². The number of alkyl halides is 3. The zero-order valence-electron chi connectivity index (χ0n) is 23.9. The minimum atomic E-state index is -4.61. The number of hydrogen-bond acceptors (Lipinski definition) is 3. The van der Waals surface area contributed by atoms with E-state index in [2.05, 4.69) is 10.3 Å². The van der Waals surface area contributed by atoms with Crippen molar-refractivity contribution in [3.63, 3.8) is 0 Å². The summed E-state index contributed by atoms with van der Waals surface area (Å²) < 4.78 is 40.9. The van der Waals surface area contributed by atoms with E-state index in [4.69, 9.17) is 0 Å². The van der Waals surface area contributed by atoms with Crippen molar-refractivity contribution in [2.75, 3.05) is 13.1 Å². The van der Waals surface area contributed by atoms with Crippen LogP contribution < -0.4 is 5.32 Å². The Bertz CT molecular complexity index is 879. The molecule has 224 valence electrons. The number of nitrogens with zero attached hydrogens (tertiary/aromatic N) is 1. The molecule has 2 fully saturated rings. The third-order valence-electron chi connectivity index (χ3n) is 7.14. The smallest absolute Gasteiger partial charge is 0.388 e. The molecule has 0 aliphatic heterocycles. The predicted molar refractivity (Wildman–Crippen MR) is 159 cm³/mol. The second-order valence-electron chi connectivity index (χ2n) is 10.1. The van der Waals surface area contributed by atoms with Crippen LogP contribution in [0.15, 0.2) is 36.4 Å². The van der Waals surface area contributed by atoms with Crippen molar-refractivity contribution in [3.05, 3.63) is 68.1 Å². The average Bonchev–Trinajstić information content (AvgIpc) is 3.58. The number of unbranched alkanes of at least 4 members (excludes halogenated alkanes) is 1. The molecule has 0 amide bonds. The summed E-state index contributed by atoms with van der Waals surface area (Å²) in [4.78, 5) is 3.87. The minimum Gasteiger partial charge on any atom is -0.388 e. The van der Waals surface area contributed by atoms with Gasteiger partial charge in [0.15, 0.2) is 5.69 Å². The van der Waals surface area contributed by atoms with Crippen LogP contribution in [0.3, 0.4) is 0 Å². The monoisotopic (exact) mass is 610 g/mol. The molecule has 2 aliphatic carbocycles. The number of rotatable bonds is 9. The topological polar surface area (TPSA) is 45.1 Å². The largest absolute Gasteiger partial charge is 2.00 e. The van der Waals surface area contributed by atoms with Gasteiger partial charge in [-0.05, 0) is 64.1 Å². The van der Waals surface area contributed by atoms with Crippen LogP contribution in [0.1, 0.15) is 100.0 Å². The van der Waals surface area contributed by atoms with Gasteiger partial charge in [0.2, 0.25) is 0 Å². The van der Waals surface area contributed by atoms with Crippen LogP contribution in [0.25, 0.3) is 11.3 Å². The van der Waals surface area contributed by atoms with Gasteiger partial charge >= 0.3 is 23.2 Å². The first-order chi connectivity index (χ1) is 16.8. The molecule has 1 heterocycles. The SMILES string of the molecule is C1CCCC1.Cc1ccc(-c2ccc([C@H](O)CCCCNCC3CCCC3)c(C(F)(F)F)n2)cc1.S.[CH3-].[CH3-].[Fe+2]. The Labute approximate surface area is 253 Å². The van der Waals surface area contributed by atoms with E-state index in [1.165, 1.54) is 63.9 Å². The number of hydrogen-bond donors (Lipinski definition) is 2. The van der Waals surface area contributed by atoms with Crippen LogP contribution in [0.2, 0.25) is 0 Å². The third kappa shape index (κ3) is 13.9. The number of aliphatic hydroxyl groups excluding tert-OH is 1. The summed E-state index contributed by atoms with van der Waals surface area (Å²) in [5.74, 6) is 0.767. The molecule has 0 radical (unpaired) electrons. The molecule has 0 spiro atoms. The first-order valence-electron chi connectivity index (χ1n) is 13.4. The Morgan fingerprint density at radius 2 is 1.46 bits per heavy atom. The molecule has 1 atom stereocenters. The number of aryl methyl sites for hydroxylation is 1. The van der Waals surface area contributed by atoms with E-state index in [0.717, 1.165) is 31.0 Å². The van der Waals surface area contributed by atoms with E-state index in [-0.39, 0.29) is 56.7 Å². The third-order valence-corrected chi connectivity index (χ3v) is 7.14. The molecule has 0 unspecified atom stereocenters. The predicted octanol–water partition coefficient (Wildman–Crippen LogP) is 9.02. The van der Waals surface area contributed by atoms with Gasteiger partial charge in [-0.1, -0.05) is 80.8 Å². The molecule has 2 saturated carbocycles. The van der Waals surface area contributed by atoms with Crippen molar-refractivity contribution in [1.82, 2.24) is 10.3 Å². The number of pyridine rings is 1. The Kier molecular flexibility index (Phi) is 21.4. The molecular formula is C31H49F3FeN2OS. The standard InChI is InChI=1S/C24H31F3N2O.C5H10.2CH3.Fe.H2S/c1-17-9-11-19(12-10-17)21-14-13-20(23(29-21)24(25,26)27)22(30)8-4-5-15-28-16-18-6-2-3-7-18;1-2-4-5-3-1;;;;/h9-14,18,22,28,30H,2-8,15-16H2,1H3;1-5H2;2*1H3;;1H2/q;;2*-1;+2;/t22-;;;;;/m1...../s1. The second kappa shape index (κ2) is 20.8. The quantitative estimate of drug-likeness (QED) is 0.169. The van der Waals surface area contributed by atoms with Gasteiger partial charge in [0.05, 0.1) is 11.8 Å². The summed E-state index contributed by atoms with van der Waals surface area (Å²) >= 11 is 0. The van der Waals surface area contributed by atoms with Crippen molar-refractivity contribution < 1.29 is 35.3 Å². The van der Waals surface area contributed by atoms with Crippen LogP contribution >= 0.6 is 13.5 Å². The summed E-state index contributed by atoms with van der Waals surface area (Å²) in [6, 6.07) is 10.1.